The van der Waals surface area contributed by atoms with Gasteiger partial charge >= 0.3 is 5.97 Å². The van der Waals surface area contributed by atoms with E-state index in [9.17, 15) is 4.79 Å². The van der Waals surface area contributed by atoms with Crippen LogP contribution in [0.2, 0.25) is 0 Å². The first-order valence-corrected chi connectivity index (χ1v) is 6.20. The van der Waals surface area contributed by atoms with E-state index in [1.54, 1.807) is 0 Å². The highest BCUT2D eigenvalue weighted by Crippen LogP contribution is 2.77. The van der Waals surface area contributed by atoms with Gasteiger partial charge in [0.15, 0.2) is 0 Å². The molecule has 0 aliphatic heterocycles. The Kier molecular flexibility index (Phi) is 2.56. The predicted octanol–water partition coefficient (Wildman–Crippen LogP) is 3.16. The molecule has 2 unspecified atom stereocenters. The lowest BCUT2D eigenvalue weighted by Crippen LogP contribution is -2.09. The molecule has 15 heavy (non-hydrogen) atoms. The highest BCUT2D eigenvalue weighted by atomic mass is 16.5. The molecule has 2 heteroatoms. The van der Waals surface area contributed by atoms with Gasteiger partial charge in [0.2, 0.25) is 0 Å². The zero-order valence-corrected chi connectivity index (χ0v) is 10.1. The molecule has 1 spiro atoms. The third-order valence-electron chi connectivity index (χ3n) is 4.95. The zero-order valence-electron chi connectivity index (χ0n) is 10.1. The Morgan fingerprint density at radius 3 is 2.47 bits per heavy atom. The van der Waals surface area contributed by atoms with E-state index in [2.05, 4.69) is 13.8 Å². The molecule has 0 aromatic rings. The summed E-state index contributed by atoms with van der Waals surface area (Å²) in [6.07, 6.45) is 7.42. The van der Waals surface area contributed by atoms with E-state index in [0.29, 0.717) is 5.41 Å². The lowest BCUT2D eigenvalue weighted by Gasteiger charge is -2.15. The molecular formula is C13H22O2. The van der Waals surface area contributed by atoms with Gasteiger partial charge in [0.25, 0.3) is 0 Å². The molecule has 2 rings (SSSR count). The van der Waals surface area contributed by atoms with Crippen LogP contribution < -0.4 is 0 Å². The van der Waals surface area contributed by atoms with E-state index in [0.717, 1.165) is 0 Å². The molecule has 0 radical (unpaired) electrons. The van der Waals surface area contributed by atoms with Crippen LogP contribution in [0.3, 0.4) is 0 Å². The number of carbonyl (C=O) groups excluding carboxylic acids is 1. The van der Waals surface area contributed by atoms with Crippen molar-refractivity contribution in [1.82, 2.24) is 0 Å². The van der Waals surface area contributed by atoms with Crippen LogP contribution in [0.25, 0.3) is 0 Å². The first-order valence-electron chi connectivity index (χ1n) is 6.20. The molecule has 0 amide bonds. The first-order chi connectivity index (χ1) is 7.12. The minimum atomic E-state index is 0.0350. The van der Waals surface area contributed by atoms with Gasteiger partial charge in [-0.15, -0.1) is 0 Å². The zero-order chi connectivity index (χ0) is 11.1. The first kappa shape index (κ1) is 11.0. The number of carbonyl (C=O) groups is 1. The van der Waals surface area contributed by atoms with E-state index in [1.807, 2.05) is 0 Å². The second-order valence-corrected chi connectivity index (χ2v) is 5.49. The van der Waals surface area contributed by atoms with Gasteiger partial charge < -0.3 is 4.74 Å². The Labute approximate surface area is 92.4 Å². The monoisotopic (exact) mass is 210 g/mol. The van der Waals surface area contributed by atoms with Gasteiger partial charge in [0, 0.05) is 0 Å². The van der Waals surface area contributed by atoms with E-state index < -0.39 is 0 Å². The highest BCUT2D eigenvalue weighted by Gasteiger charge is 2.76. The van der Waals surface area contributed by atoms with Gasteiger partial charge in [-0.1, -0.05) is 33.1 Å². The molecule has 0 heterocycles. The second kappa shape index (κ2) is 3.50. The third kappa shape index (κ3) is 1.26. The largest absolute Gasteiger partial charge is 0.469 e. The van der Waals surface area contributed by atoms with E-state index in [4.69, 9.17) is 4.74 Å². The molecular weight excluding hydrogens is 188 g/mol. The average molecular weight is 210 g/mol. The van der Waals surface area contributed by atoms with Crippen molar-refractivity contribution in [2.24, 2.45) is 16.7 Å². The Balaban J connectivity index is 2.19. The fourth-order valence-corrected chi connectivity index (χ4v) is 4.22. The van der Waals surface area contributed by atoms with E-state index in [-0.39, 0.29) is 17.3 Å². The molecule has 0 saturated heterocycles. The van der Waals surface area contributed by atoms with Crippen molar-refractivity contribution >= 4 is 5.97 Å². The van der Waals surface area contributed by atoms with Crippen molar-refractivity contribution in [2.75, 3.05) is 7.11 Å². The van der Waals surface area contributed by atoms with Crippen LogP contribution in [-0.4, -0.2) is 13.1 Å². The smallest absolute Gasteiger partial charge is 0.309 e. The normalized spacial score (nSPS) is 36.9. The molecule has 0 N–H and O–H groups in total. The summed E-state index contributed by atoms with van der Waals surface area (Å²) >= 11 is 0. The molecule has 0 bridgehead atoms. The van der Waals surface area contributed by atoms with Crippen LogP contribution in [0.1, 0.15) is 52.4 Å². The molecule has 86 valence electrons. The van der Waals surface area contributed by atoms with Crippen molar-refractivity contribution in [3.63, 3.8) is 0 Å². The molecule has 0 aromatic carbocycles. The van der Waals surface area contributed by atoms with Crippen LogP contribution in [0.15, 0.2) is 0 Å². The maximum atomic E-state index is 11.8. The van der Waals surface area contributed by atoms with Crippen molar-refractivity contribution in [3.8, 4) is 0 Å². The summed E-state index contributed by atoms with van der Waals surface area (Å²) in [6, 6.07) is 0. The van der Waals surface area contributed by atoms with Crippen molar-refractivity contribution in [2.45, 2.75) is 52.4 Å². The Bertz CT molecular complexity index is 266. The second-order valence-electron chi connectivity index (χ2n) is 5.49. The quantitative estimate of drug-likeness (QED) is 0.669. The van der Waals surface area contributed by atoms with Crippen LogP contribution >= 0.6 is 0 Å². The predicted molar refractivity (Wildman–Crippen MR) is 59.4 cm³/mol. The minimum Gasteiger partial charge on any atom is -0.469 e. The van der Waals surface area contributed by atoms with Crippen molar-refractivity contribution < 1.29 is 9.53 Å². The number of hydrogen-bond acceptors (Lipinski definition) is 2. The average Bonchev–Trinajstić information content (AvgIpc) is 2.58. The Morgan fingerprint density at radius 2 is 2.00 bits per heavy atom. The fourth-order valence-electron chi connectivity index (χ4n) is 4.22. The summed E-state index contributed by atoms with van der Waals surface area (Å²) in [6.45, 7) is 4.50. The Hall–Kier alpha value is -0.530. The standard InChI is InChI=1S/C13H22O2/c1-4-7-12(2)10(11(14)15-3)13(12)8-5-6-9-13/h10H,4-9H2,1-3H3. The van der Waals surface area contributed by atoms with Crippen molar-refractivity contribution in [3.05, 3.63) is 0 Å². The minimum absolute atomic E-state index is 0.0350. The molecule has 2 atom stereocenters. The van der Waals surface area contributed by atoms with E-state index in [1.165, 1.54) is 45.6 Å². The molecule has 0 aromatic heterocycles. The third-order valence-corrected chi connectivity index (χ3v) is 4.95. The van der Waals surface area contributed by atoms with E-state index >= 15 is 0 Å². The summed E-state index contributed by atoms with van der Waals surface area (Å²) in [5.74, 6) is 0.227. The molecule has 2 nitrogen and oxygen atoms in total. The Morgan fingerprint density at radius 1 is 1.40 bits per heavy atom. The molecule has 2 saturated carbocycles. The van der Waals surface area contributed by atoms with Crippen LogP contribution in [0, 0.1) is 16.7 Å². The van der Waals surface area contributed by atoms with Gasteiger partial charge in [-0.3, -0.25) is 4.79 Å². The molecule has 2 fully saturated rings. The number of esters is 1. The van der Waals surface area contributed by atoms with Gasteiger partial charge in [-0.25, -0.2) is 0 Å². The van der Waals surface area contributed by atoms with Crippen LogP contribution in [-0.2, 0) is 9.53 Å². The topological polar surface area (TPSA) is 26.3 Å². The van der Waals surface area contributed by atoms with Gasteiger partial charge in [-0.2, -0.15) is 0 Å². The lowest BCUT2D eigenvalue weighted by atomic mass is 9.89. The number of ether oxygens (including phenoxy) is 1. The summed E-state index contributed by atoms with van der Waals surface area (Å²) in [7, 11) is 1.52. The van der Waals surface area contributed by atoms with Crippen LogP contribution in [0.4, 0.5) is 0 Å². The number of methoxy groups -OCH3 is 1. The number of hydrogen-bond donors (Lipinski definition) is 0. The lowest BCUT2D eigenvalue weighted by molar-refractivity contribution is -0.143. The highest BCUT2D eigenvalue weighted by molar-refractivity contribution is 5.79. The summed E-state index contributed by atoms with van der Waals surface area (Å²) in [5, 5.41) is 0. The van der Waals surface area contributed by atoms with Gasteiger partial charge in [0.05, 0.1) is 13.0 Å². The summed E-state index contributed by atoms with van der Waals surface area (Å²) in [5.41, 5.74) is 0.557. The summed E-state index contributed by atoms with van der Waals surface area (Å²) in [4.78, 5) is 11.8. The van der Waals surface area contributed by atoms with Gasteiger partial charge in [-0.05, 0) is 30.1 Å². The fraction of sp³-hybridized carbons (Fsp3) is 0.923. The molecule has 2 aliphatic rings. The summed E-state index contributed by atoms with van der Waals surface area (Å²) < 4.78 is 4.96. The SMILES string of the molecule is CCCC1(C)C(C(=O)OC)C12CCCC2. The molecule has 2 aliphatic carbocycles. The maximum absolute atomic E-state index is 11.8. The van der Waals surface area contributed by atoms with Crippen LogP contribution in [0.5, 0.6) is 0 Å². The van der Waals surface area contributed by atoms with Crippen molar-refractivity contribution in [1.29, 1.82) is 0 Å². The number of rotatable bonds is 3. The maximum Gasteiger partial charge on any atom is 0.309 e. The van der Waals surface area contributed by atoms with Gasteiger partial charge in [0.1, 0.15) is 0 Å².